The first-order valence-electron chi connectivity index (χ1n) is 10.7. The minimum Gasteiger partial charge on any atom is -0.208 e. The number of aromatic nitrogens is 3. The predicted octanol–water partition coefficient (Wildman–Crippen LogP) is 7.50. The van der Waals surface area contributed by atoms with Crippen molar-refractivity contribution in [1.82, 2.24) is 15.0 Å². The highest BCUT2D eigenvalue weighted by Crippen LogP contribution is 2.26. The van der Waals surface area contributed by atoms with Crippen LogP contribution in [0.25, 0.3) is 22.8 Å². The second-order valence-corrected chi connectivity index (χ2v) is 8.06. The van der Waals surface area contributed by atoms with Gasteiger partial charge in [-0.25, -0.2) is 4.98 Å². The van der Waals surface area contributed by atoms with Gasteiger partial charge in [0, 0.05) is 11.1 Å². The summed E-state index contributed by atoms with van der Waals surface area (Å²) >= 11 is 6.23. The fraction of sp³-hybridized carbons (Fsp3) is 0.400. The van der Waals surface area contributed by atoms with Gasteiger partial charge in [0.1, 0.15) is 0 Å². The summed E-state index contributed by atoms with van der Waals surface area (Å²) in [5.74, 6) is 1.78. The zero-order valence-electron chi connectivity index (χ0n) is 17.7. The Bertz CT molecular complexity index is 904. The van der Waals surface area contributed by atoms with Gasteiger partial charge in [-0.1, -0.05) is 88.6 Å². The lowest BCUT2D eigenvalue weighted by Crippen LogP contribution is -1.98. The predicted molar refractivity (Wildman–Crippen MR) is 122 cm³/mol. The molecule has 3 nitrogen and oxygen atoms in total. The van der Waals surface area contributed by atoms with Gasteiger partial charge in [-0.05, 0) is 47.9 Å². The van der Waals surface area contributed by atoms with Crippen molar-refractivity contribution in [2.75, 3.05) is 0 Å². The fourth-order valence-electron chi connectivity index (χ4n) is 3.57. The topological polar surface area (TPSA) is 38.7 Å². The van der Waals surface area contributed by atoms with E-state index in [1.165, 1.54) is 43.2 Å². The van der Waals surface area contributed by atoms with Gasteiger partial charge in [-0.3, -0.25) is 0 Å². The van der Waals surface area contributed by atoms with Crippen molar-refractivity contribution in [2.24, 2.45) is 0 Å². The highest BCUT2D eigenvalue weighted by molar-refractivity contribution is 6.28. The molecule has 29 heavy (non-hydrogen) atoms. The third kappa shape index (κ3) is 5.86. The van der Waals surface area contributed by atoms with Crippen LogP contribution in [0.2, 0.25) is 5.28 Å². The molecule has 0 bridgehead atoms. The second kappa shape index (κ2) is 10.5. The first-order chi connectivity index (χ1) is 14.1. The molecular formula is C25H30ClN3. The molecule has 0 amide bonds. The molecule has 152 valence electrons. The lowest BCUT2D eigenvalue weighted by Gasteiger charge is -2.11. The monoisotopic (exact) mass is 407 g/mol. The van der Waals surface area contributed by atoms with Gasteiger partial charge in [0.2, 0.25) is 5.28 Å². The Morgan fingerprint density at radius 1 is 0.759 bits per heavy atom. The summed E-state index contributed by atoms with van der Waals surface area (Å²) in [7, 11) is 0. The van der Waals surface area contributed by atoms with Crippen molar-refractivity contribution in [2.45, 2.75) is 65.2 Å². The smallest absolute Gasteiger partial charge is 0.208 e. The van der Waals surface area contributed by atoms with Gasteiger partial charge in [0.05, 0.1) is 0 Å². The standard InChI is InChI=1S/C25H30ClN3/c1-4-6-7-9-19-10-12-21(13-11-19)23-27-24(29-25(26)28-23)22-16-14-20(15-17-22)18(3)8-5-2/h10-18H,4-9H2,1-3H3. The van der Waals surface area contributed by atoms with E-state index >= 15 is 0 Å². The Kier molecular flexibility index (Phi) is 7.76. The highest BCUT2D eigenvalue weighted by Gasteiger charge is 2.11. The summed E-state index contributed by atoms with van der Waals surface area (Å²) in [4.78, 5) is 13.4. The molecule has 1 aromatic heterocycles. The number of benzene rings is 2. The van der Waals surface area contributed by atoms with E-state index in [-0.39, 0.29) is 5.28 Å². The molecule has 0 fully saturated rings. The molecule has 0 aliphatic carbocycles. The number of halogens is 1. The molecule has 3 aromatic rings. The SMILES string of the molecule is CCCCCc1ccc(-c2nc(Cl)nc(-c3ccc(C(C)CCC)cc3)n2)cc1. The van der Waals surface area contributed by atoms with Gasteiger partial charge in [0.15, 0.2) is 11.6 Å². The summed E-state index contributed by atoms with van der Waals surface area (Å²) < 4.78 is 0. The molecule has 1 unspecified atom stereocenters. The molecule has 0 N–H and O–H groups in total. The van der Waals surface area contributed by atoms with Crippen LogP contribution in [0.3, 0.4) is 0 Å². The number of rotatable bonds is 9. The Labute approximate surface area is 179 Å². The van der Waals surface area contributed by atoms with Crippen LogP contribution >= 0.6 is 11.6 Å². The van der Waals surface area contributed by atoms with Crippen molar-refractivity contribution >= 4 is 11.6 Å². The summed E-state index contributed by atoms with van der Waals surface area (Å²) in [6.45, 7) is 6.71. The molecule has 0 saturated carbocycles. The van der Waals surface area contributed by atoms with Crippen molar-refractivity contribution in [1.29, 1.82) is 0 Å². The van der Waals surface area contributed by atoms with Crippen LogP contribution in [0.15, 0.2) is 48.5 Å². The normalized spacial score (nSPS) is 12.1. The molecule has 3 rings (SSSR count). The minimum absolute atomic E-state index is 0.223. The molecule has 4 heteroatoms. The fourth-order valence-corrected chi connectivity index (χ4v) is 3.73. The van der Waals surface area contributed by atoms with Crippen LogP contribution < -0.4 is 0 Å². The van der Waals surface area contributed by atoms with Crippen LogP contribution in [0.5, 0.6) is 0 Å². The third-order valence-corrected chi connectivity index (χ3v) is 5.52. The van der Waals surface area contributed by atoms with Crippen LogP contribution in [-0.2, 0) is 6.42 Å². The Hall–Kier alpha value is -2.26. The zero-order chi connectivity index (χ0) is 20.6. The van der Waals surface area contributed by atoms with Gasteiger partial charge < -0.3 is 0 Å². The zero-order valence-corrected chi connectivity index (χ0v) is 18.4. The third-order valence-electron chi connectivity index (χ3n) is 5.35. The van der Waals surface area contributed by atoms with Gasteiger partial charge in [0.25, 0.3) is 0 Å². The summed E-state index contributed by atoms with van der Waals surface area (Å²) in [5, 5.41) is 0.223. The van der Waals surface area contributed by atoms with Crippen LogP contribution in [-0.4, -0.2) is 15.0 Å². The number of hydrogen-bond acceptors (Lipinski definition) is 3. The van der Waals surface area contributed by atoms with E-state index in [4.69, 9.17) is 11.6 Å². The van der Waals surface area contributed by atoms with Crippen molar-refractivity contribution in [3.8, 4) is 22.8 Å². The van der Waals surface area contributed by atoms with E-state index < -0.39 is 0 Å². The van der Waals surface area contributed by atoms with Gasteiger partial charge >= 0.3 is 0 Å². The van der Waals surface area contributed by atoms with Crippen LogP contribution in [0.1, 0.15) is 69.9 Å². The van der Waals surface area contributed by atoms with Gasteiger partial charge in [-0.2, -0.15) is 9.97 Å². The summed E-state index contributed by atoms with van der Waals surface area (Å²) in [5.41, 5.74) is 4.61. The Morgan fingerprint density at radius 3 is 1.90 bits per heavy atom. The van der Waals surface area contributed by atoms with Crippen molar-refractivity contribution in [3.05, 3.63) is 64.9 Å². The first kappa shape index (κ1) is 21.4. The summed E-state index contributed by atoms with van der Waals surface area (Å²) in [6, 6.07) is 17.0. The van der Waals surface area contributed by atoms with E-state index in [0.717, 1.165) is 17.5 Å². The molecule has 0 aliphatic heterocycles. The number of hydrogen-bond donors (Lipinski definition) is 0. The van der Waals surface area contributed by atoms with E-state index in [0.29, 0.717) is 17.6 Å². The van der Waals surface area contributed by atoms with Crippen molar-refractivity contribution in [3.63, 3.8) is 0 Å². The van der Waals surface area contributed by atoms with Crippen LogP contribution in [0.4, 0.5) is 0 Å². The first-order valence-corrected chi connectivity index (χ1v) is 11.1. The van der Waals surface area contributed by atoms with Crippen molar-refractivity contribution < 1.29 is 0 Å². The molecule has 0 aliphatic rings. The molecule has 2 aromatic carbocycles. The minimum atomic E-state index is 0.223. The number of unbranched alkanes of at least 4 members (excludes halogenated alkanes) is 2. The maximum absolute atomic E-state index is 6.23. The lowest BCUT2D eigenvalue weighted by molar-refractivity contribution is 0.665. The largest absolute Gasteiger partial charge is 0.226 e. The van der Waals surface area contributed by atoms with E-state index in [1.54, 1.807) is 0 Å². The molecule has 0 saturated heterocycles. The number of aryl methyl sites for hydroxylation is 1. The molecule has 0 spiro atoms. The molecular weight excluding hydrogens is 378 g/mol. The van der Waals surface area contributed by atoms with E-state index in [9.17, 15) is 0 Å². The number of nitrogens with zero attached hydrogens (tertiary/aromatic N) is 3. The molecule has 0 radical (unpaired) electrons. The second-order valence-electron chi connectivity index (χ2n) is 7.72. The maximum Gasteiger partial charge on any atom is 0.226 e. The average Bonchev–Trinajstić information content (AvgIpc) is 2.74. The summed E-state index contributed by atoms with van der Waals surface area (Å²) in [6.07, 6.45) is 7.22. The lowest BCUT2D eigenvalue weighted by atomic mass is 9.95. The average molecular weight is 408 g/mol. The maximum atomic E-state index is 6.23. The quantitative estimate of drug-likeness (QED) is 0.345. The van der Waals surface area contributed by atoms with E-state index in [1.807, 2.05) is 0 Å². The Balaban J connectivity index is 1.81. The molecule has 1 heterocycles. The van der Waals surface area contributed by atoms with Crippen LogP contribution in [0, 0.1) is 0 Å². The Morgan fingerprint density at radius 2 is 1.34 bits per heavy atom. The highest BCUT2D eigenvalue weighted by atomic mass is 35.5. The molecule has 1 atom stereocenters. The van der Waals surface area contributed by atoms with Gasteiger partial charge in [-0.15, -0.1) is 0 Å². The van der Waals surface area contributed by atoms with E-state index in [2.05, 4.69) is 84.3 Å².